The lowest BCUT2D eigenvalue weighted by Crippen LogP contribution is -2.28. The highest BCUT2D eigenvalue weighted by molar-refractivity contribution is 9.10. The van der Waals surface area contributed by atoms with E-state index < -0.39 is 0 Å². The number of benzene rings is 1. The summed E-state index contributed by atoms with van der Waals surface area (Å²) < 4.78 is 6.09. The minimum absolute atomic E-state index is 0.155. The van der Waals surface area contributed by atoms with Gasteiger partial charge in [-0.25, -0.2) is 0 Å². The number of rotatable bonds is 6. The molecule has 0 aliphatic rings. The van der Waals surface area contributed by atoms with Crippen LogP contribution in [-0.4, -0.2) is 31.6 Å². The summed E-state index contributed by atoms with van der Waals surface area (Å²) in [5, 5.41) is 0. The summed E-state index contributed by atoms with van der Waals surface area (Å²) in [5.74, 6) is 0.414. The first-order chi connectivity index (χ1) is 8.52. The molecule has 0 bridgehead atoms. The maximum absolute atomic E-state index is 12.0. The van der Waals surface area contributed by atoms with Gasteiger partial charge in [0.25, 0.3) is 0 Å². The van der Waals surface area contributed by atoms with Gasteiger partial charge in [0.05, 0.1) is 0 Å². The number of ether oxygens (including phenoxy) is 1. The van der Waals surface area contributed by atoms with Gasteiger partial charge in [0.15, 0.2) is 0 Å². The summed E-state index contributed by atoms with van der Waals surface area (Å²) in [6, 6.07) is 8.02. The Morgan fingerprint density at radius 3 is 2.56 bits per heavy atom. The molecule has 0 saturated carbocycles. The number of carbonyl (C=O) groups excluding carboxylic acids is 1. The Bertz CT molecular complexity index is 378. The zero-order valence-corrected chi connectivity index (χ0v) is 12.7. The molecule has 0 saturated heterocycles. The van der Waals surface area contributed by atoms with Crippen LogP contribution in [0.25, 0.3) is 0 Å². The summed E-state index contributed by atoms with van der Waals surface area (Å²) in [5.41, 5.74) is 1.13. The fraction of sp³-hybridized carbons (Fsp3) is 0.500. The third kappa shape index (κ3) is 5.19. The van der Waals surface area contributed by atoms with Gasteiger partial charge in [0.2, 0.25) is 5.91 Å². The molecule has 0 radical (unpaired) electrons. The molecule has 0 heterocycles. The molecule has 0 aromatic heterocycles. The number of carbonyl (C=O) groups is 1. The first-order valence-corrected chi connectivity index (χ1v) is 6.79. The van der Waals surface area contributed by atoms with E-state index in [0.717, 1.165) is 10.0 Å². The largest absolute Gasteiger partial charge is 0.384 e. The van der Waals surface area contributed by atoms with Gasteiger partial charge in [0, 0.05) is 38.2 Å². The first kappa shape index (κ1) is 15.2. The molecule has 18 heavy (non-hydrogen) atoms. The Balaban J connectivity index is 2.46. The van der Waals surface area contributed by atoms with E-state index in [1.54, 1.807) is 12.0 Å². The molecular weight excluding hydrogens is 294 g/mol. The summed E-state index contributed by atoms with van der Waals surface area (Å²) in [4.78, 5) is 13.7. The third-order valence-corrected chi connectivity index (χ3v) is 3.26. The SMILES string of the molecule is COCC(C)CC(=O)N(C)Cc1ccc(Br)cc1. The highest BCUT2D eigenvalue weighted by Crippen LogP contribution is 2.13. The van der Waals surface area contributed by atoms with Crippen LogP contribution in [0.4, 0.5) is 0 Å². The zero-order valence-electron chi connectivity index (χ0n) is 11.1. The highest BCUT2D eigenvalue weighted by atomic mass is 79.9. The lowest BCUT2D eigenvalue weighted by molar-refractivity contribution is -0.131. The number of nitrogens with zero attached hydrogens (tertiary/aromatic N) is 1. The molecule has 1 aromatic rings. The Kier molecular flexibility index (Phi) is 6.36. The van der Waals surface area contributed by atoms with Crippen molar-refractivity contribution in [3.05, 3.63) is 34.3 Å². The number of methoxy groups -OCH3 is 1. The van der Waals surface area contributed by atoms with Crippen molar-refractivity contribution in [1.29, 1.82) is 0 Å². The van der Waals surface area contributed by atoms with Crippen LogP contribution >= 0.6 is 15.9 Å². The zero-order chi connectivity index (χ0) is 13.5. The second-order valence-corrected chi connectivity index (χ2v) is 5.56. The van der Waals surface area contributed by atoms with Crippen molar-refractivity contribution in [3.63, 3.8) is 0 Å². The van der Waals surface area contributed by atoms with E-state index in [2.05, 4.69) is 15.9 Å². The van der Waals surface area contributed by atoms with Gasteiger partial charge in [0.1, 0.15) is 0 Å². The van der Waals surface area contributed by atoms with Gasteiger partial charge >= 0.3 is 0 Å². The molecule has 4 heteroatoms. The van der Waals surface area contributed by atoms with Gasteiger partial charge in [-0.05, 0) is 23.6 Å². The normalized spacial score (nSPS) is 12.2. The maximum atomic E-state index is 12.0. The Morgan fingerprint density at radius 2 is 2.00 bits per heavy atom. The highest BCUT2D eigenvalue weighted by Gasteiger charge is 2.13. The van der Waals surface area contributed by atoms with Crippen LogP contribution in [0.2, 0.25) is 0 Å². The van der Waals surface area contributed by atoms with Crippen molar-refractivity contribution >= 4 is 21.8 Å². The van der Waals surface area contributed by atoms with Crippen LogP contribution in [0.3, 0.4) is 0 Å². The molecule has 0 aliphatic heterocycles. The fourth-order valence-electron chi connectivity index (χ4n) is 1.75. The number of hydrogen-bond acceptors (Lipinski definition) is 2. The molecular formula is C14H20BrNO2. The van der Waals surface area contributed by atoms with Crippen LogP contribution in [0.15, 0.2) is 28.7 Å². The molecule has 0 fully saturated rings. The smallest absolute Gasteiger partial charge is 0.222 e. The van der Waals surface area contributed by atoms with E-state index in [0.29, 0.717) is 19.6 Å². The number of halogens is 1. The van der Waals surface area contributed by atoms with Gasteiger partial charge in [-0.3, -0.25) is 4.79 Å². The van der Waals surface area contributed by atoms with Crippen LogP contribution in [0, 0.1) is 5.92 Å². The fourth-order valence-corrected chi connectivity index (χ4v) is 2.01. The average molecular weight is 314 g/mol. The van der Waals surface area contributed by atoms with E-state index >= 15 is 0 Å². The monoisotopic (exact) mass is 313 g/mol. The first-order valence-electron chi connectivity index (χ1n) is 6.00. The summed E-state index contributed by atoms with van der Waals surface area (Å²) in [6.07, 6.45) is 0.529. The number of hydrogen-bond donors (Lipinski definition) is 0. The summed E-state index contributed by atoms with van der Waals surface area (Å²) in [6.45, 7) is 3.29. The van der Waals surface area contributed by atoms with Crippen LogP contribution in [0.5, 0.6) is 0 Å². The molecule has 1 amide bonds. The lowest BCUT2D eigenvalue weighted by Gasteiger charge is -2.19. The van der Waals surface area contributed by atoms with Crippen LogP contribution in [-0.2, 0) is 16.1 Å². The Morgan fingerprint density at radius 1 is 1.39 bits per heavy atom. The molecule has 3 nitrogen and oxygen atoms in total. The Hall–Kier alpha value is -0.870. The maximum Gasteiger partial charge on any atom is 0.222 e. The van der Waals surface area contributed by atoms with E-state index in [4.69, 9.17) is 4.74 Å². The van der Waals surface area contributed by atoms with Gasteiger partial charge < -0.3 is 9.64 Å². The minimum atomic E-state index is 0.155. The molecule has 0 aliphatic carbocycles. The van der Waals surface area contributed by atoms with Crippen molar-refractivity contribution in [3.8, 4) is 0 Å². The van der Waals surface area contributed by atoms with Crippen molar-refractivity contribution in [1.82, 2.24) is 4.90 Å². The summed E-state index contributed by atoms with van der Waals surface area (Å²) in [7, 11) is 3.50. The van der Waals surface area contributed by atoms with Crippen LogP contribution in [0.1, 0.15) is 18.9 Å². The van der Waals surface area contributed by atoms with Crippen molar-refractivity contribution < 1.29 is 9.53 Å². The van der Waals surface area contributed by atoms with Crippen LogP contribution < -0.4 is 0 Å². The minimum Gasteiger partial charge on any atom is -0.384 e. The lowest BCUT2D eigenvalue weighted by atomic mass is 10.1. The molecule has 0 spiro atoms. The third-order valence-electron chi connectivity index (χ3n) is 2.73. The molecule has 1 rings (SSSR count). The predicted molar refractivity (Wildman–Crippen MR) is 76.3 cm³/mol. The second kappa shape index (κ2) is 7.54. The van der Waals surface area contributed by atoms with Gasteiger partial charge in [-0.1, -0.05) is 35.0 Å². The molecule has 1 atom stereocenters. The van der Waals surface area contributed by atoms with E-state index in [1.807, 2.05) is 38.2 Å². The van der Waals surface area contributed by atoms with Gasteiger partial charge in [-0.2, -0.15) is 0 Å². The molecule has 1 unspecified atom stereocenters. The number of amides is 1. The predicted octanol–water partition coefficient (Wildman–Crippen LogP) is 3.08. The molecule has 1 aromatic carbocycles. The average Bonchev–Trinajstić information content (AvgIpc) is 2.32. The molecule has 0 N–H and O–H groups in total. The van der Waals surface area contributed by atoms with Crippen molar-refractivity contribution in [2.45, 2.75) is 19.9 Å². The standard InChI is InChI=1S/C14H20BrNO2/c1-11(10-18-3)8-14(17)16(2)9-12-4-6-13(15)7-5-12/h4-7,11H,8-10H2,1-3H3. The van der Waals surface area contributed by atoms with E-state index in [-0.39, 0.29) is 11.8 Å². The second-order valence-electron chi connectivity index (χ2n) is 4.64. The Labute approximate surface area is 117 Å². The van der Waals surface area contributed by atoms with Crippen molar-refractivity contribution in [2.24, 2.45) is 5.92 Å². The quantitative estimate of drug-likeness (QED) is 0.807. The molecule has 100 valence electrons. The van der Waals surface area contributed by atoms with E-state index in [9.17, 15) is 4.79 Å². The van der Waals surface area contributed by atoms with Crippen molar-refractivity contribution in [2.75, 3.05) is 20.8 Å². The topological polar surface area (TPSA) is 29.5 Å². The van der Waals surface area contributed by atoms with Gasteiger partial charge in [-0.15, -0.1) is 0 Å². The summed E-state index contributed by atoms with van der Waals surface area (Å²) >= 11 is 3.40. The van der Waals surface area contributed by atoms with E-state index in [1.165, 1.54) is 0 Å².